The van der Waals surface area contributed by atoms with Gasteiger partial charge in [-0.2, -0.15) is 0 Å². The molecule has 1 N–H and O–H groups in total. The summed E-state index contributed by atoms with van der Waals surface area (Å²) in [4.78, 5) is 0. The van der Waals surface area contributed by atoms with Crippen molar-refractivity contribution < 1.29 is 19.0 Å². The molecule has 4 aromatic rings. The van der Waals surface area contributed by atoms with Gasteiger partial charge in [0.25, 0.3) is 0 Å². The second kappa shape index (κ2) is 12.7. The van der Waals surface area contributed by atoms with Crippen molar-refractivity contribution in [3.63, 3.8) is 0 Å². The maximum absolute atomic E-state index is 13.7. The van der Waals surface area contributed by atoms with Crippen molar-refractivity contribution in [3.05, 3.63) is 137 Å². The summed E-state index contributed by atoms with van der Waals surface area (Å²) in [6.45, 7) is 1.51. The van der Waals surface area contributed by atoms with Gasteiger partial charge in [0, 0.05) is 6.61 Å². The lowest BCUT2D eigenvalue weighted by molar-refractivity contribution is 0.0889. The molecule has 0 unspecified atom stereocenters. The van der Waals surface area contributed by atoms with Gasteiger partial charge in [0.15, 0.2) is 0 Å². The third kappa shape index (κ3) is 6.89. The molecule has 0 saturated carbocycles. The summed E-state index contributed by atoms with van der Waals surface area (Å²) in [5.41, 5.74) is 5.98. The Labute approximate surface area is 206 Å². The number of ether oxygens (including phenoxy) is 2. The second-order valence-electron chi connectivity index (χ2n) is 8.11. The van der Waals surface area contributed by atoms with Gasteiger partial charge in [-0.05, 0) is 64.1 Å². The van der Waals surface area contributed by atoms with Gasteiger partial charge >= 0.3 is 0 Å². The summed E-state index contributed by atoms with van der Waals surface area (Å²) in [6, 6.07) is 34.4. The topological polar surface area (TPSA) is 38.7 Å². The maximum Gasteiger partial charge on any atom is 0.123 e. The molecule has 35 heavy (non-hydrogen) atoms. The summed E-state index contributed by atoms with van der Waals surface area (Å²) in [5, 5.41) is 9.82. The first-order valence-electron chi connectivity index (χ1n) is 11.7. The van der Waals surface area contributed by atoms with E-state index in [1.165, 1.54) is 12.1 Å². The van der Waals surface area contributed by atoms with Crippen LogP contribution in [0.25, 0.3) is 11.1 Å². The first-order valence-corrected chi connectivity index (χ1v) is 11.7. The molecule has 4 rings (SSSR count). The van der Waals surface area contributed by atoms with Crippen molar-refractivity contribution in [1.82, 2.24) is 0 Å². The third-order valence-electron chi connectivity index (χ3n) is 5.67. The third-order valence-corrected chi connectivity index (χ3v) is 5.67. The molecule has 0 heterocycles. The van der Waals surface area contributed by atoms with Crippen LogP contribution in [0.5, 0.6) is 5.75 Å². The molecule has 4 aromatic carbocycles. The summed E-state index contributed by atoms with van der Waals surface area (Å²) >= 11 is 0. The first kappa shape index (κ1) is 24.4. The minimum absolute atomic E-state index is 0.0130. The van der Waals surface area contributed by atoms with Crippen LogP contribution in [0, 0.1) is 5.82 Å². The minimum Gasteiger partial charge on any atom is -0.491 e. The number of halogens is 1. The Kier molecular flexibility index (Phi) is 8.82. The van der Waals surface area contributed by atoms with E-state index in [1.807, 2.05) is 84.9 Å². The molecule has 0 bridgehead atoms. The van der Waals surface area contributed by atoms with Crippen LogP contribution < -0.4 is 4.74 Å². The van der Waals surface area contributed by atoms with E-state index in [4.69, 9.17) is 9.47 Å². The summed E-state index contributed by atoms with van der Waals surface area (Å²) in [5.74, 6) is 0.466. The predicted molar refractivity (Wildman–Crippen MR) is 138 cm³/mol. The number of aliphatic hydroxyl groups is 1. The van der Waals surface area contributed by atoms with E-state index in [0.29, 0.717) is 26.2 Å². The average Bonchev–Trinajstić information content (AvgIpc) is 2.91. The fourth-order valence-corrected chi connectivity index (χ4v) is 4.00. The van der Waals surface area contributed by atoms with Gasteiger partial charge in [-0.3, -0.25) is 0 Å². The van der Waals surface area contributed by atoms with E-state index in [0.717, 1.165) is 39.1 Å². The van der Waals surface area contributed by atoms with Crippen LogP contribution in [-0.2, 0) is 11.3 Å². The van der Waals surface area contributed by atoms with Gasteiger partial charge in [-0.25, -0.2) is 4.39 Å². The van der Waals surface area contributed by atoms with Crippen LogP contribution in [0.3, 0.4) is 0 Å². The number of benzene rings is 4. The lowest BCUT2D eigenvalue weighted by atomic mass is 9.88. The van der Waals surface area contributed by atoms with Gasteiger partial charge in [-0.15, -0.1) is 0 Å². The molecule has 4 heteroatoms. The van der Waals surface area contributed by atoms with Crippen LogP contribution in [0.2, 0.25) is 0 Å². The molecule has 0 radical (unpaired) electrons. The highest BCUT2D eigenvalue weighted by Gasteiger charge is 2.14. The molecule has 0 aromatic heterocycles. The highest BCUT2D eigenvalue weighted by Crippen LogP contribution is 2.35. The highest BCUT2D eigenvalue weighted by molar-refractivity contribution is 5.98. The van der Waals surface area contributed by atoms with Gasteiger partial charge in [0.1, 0.15) is 18.2 Å². The van der Waals surface area contributed by atoms with E-state index in [1.54, 1.807) is 12.1 Å². The second-order valence-corrected chi connectivity index (χ2v) is 8.11. The molecule has 178 valence electrons. The molecule has 0 aliphatic heterocycles. The number of hydrogen-bond donors (Lipinski definition) is 1. The normalized spacial score (nSPS) is 11.7. The number of aliphatic hydroxyl groups excluding tert-OH is 1. The van der Waals surface area contributed by atoms with E-state index >= 15 is 0 Å². The Morgan fingerprint density at radius 3 is 1.89 bits per heavy atom. The molecule has 3 nitrogen and oxygen atoms in total. The first-order chi connectivity index (χ1) is 17.2. The van der Waals surface area contributed by atoms with Crippen LogP contribution >= 0.6 is 0 Å². The minimum atomic E-state index is -0.283. The van der Waals surface area contributed by atoms with Crippen LogP contribution in [0.1, 0.15) is 28.7 Å². The van der Waals surface area contributed by atoms with Gasteiger partial charge in [0.05, 0.1) is 13.2 Å². The standard InChI is InChI=1S/C31H29FO3/c32-28-15-11-26(12-16-28)31(30(19-20-33)25-9-5-2-6-10-25)27-13-17-29(18-14-27)35-22-21-34-23-24-7-3-1-4-8-24/h1-18,33H,19-23H2/b31-30-. The van der Waals surface area contributed by atoms with Gasteiger partial charge in [-0.1, -0.05) is 84.9 Å². The summed E-state index contributed by atoms with van der Waals surface area (Å²) in [7, 11) is 0. The number of hydrogen-bond acceptors (Lipinski definition) is 3. The molecule has 0 aliphatic carbocycles. The number of rotatable bonds is 11. The largest absolute Gasteiger partial charge is 0.491 e. The molecular formula is C31H29FO3. The summed E-state index contributed by atoms with van der Waals surface area (Å²) in [6.07, 6.45) is 0.480. The molecular weight excluding hydrogens is 439 g/mol. The molecule has 0 spiro atoms. The predicted octanol–water partition coefficient (Wildman–Crippen LogP) is 6.76. The van der Waals surface area contributed by atoms with Crippen LogP contribution in [0.15, 0.2) is 109 Å². The molecule has 0 aliphatic rings. The Balaban J connectivity index is 1.52. The van der Waals surface area contributed by atoms with E-state index in [9.17, 15) is 9.50 Å². The lowest BCUT2D eigenvalue weighted by Gasteiger charge is -2.17. The molecule has 0 atom stereocenters. The van der Waals surface area contributed by atoms with Crippen molar-refractivity contribution >= 4 is 11.1 Å². The average molecular weight is 469 g/mol. The zero-order valence-electron chi connectivity index (χ0n) is 19.6. The Bertz CT molecular complexity index is 1200. The van der Waals surface area contributed by atoms with E-state index in [-0.39, 0.29) is 12.4 Å². The monoisotopic (exact) mass is 468 g/mol. The highest BCUT2D eigenvalue weighted by atomic mass is 19.1. The van der Waals surface area contributed by atoms with Crippen molar-refractivity contribution in [2.24, 2.45) is 0 Å². The molecule has 0 saturated heterocycles. The van der Waals surface area contributed by atoms with E-state index in [2.05, 4.69) is 0 Å². The smallest absolute Gasteiger partial charge is 0.123 e. The quantitative estimate of drug-likeness (QED) is 0.195. The van der Waals surface area contributed by atoms with E-state index < -0.39 is 0 Å². The molecule has 0 amide bonds. The van der Waals surface area contributed by atoms with Crippen molar-refractivity contribution in [2.75, 3.05) is 19.8 Å². The SMILES string of the molecule is OCC/C(=C(\c1ccc(F)cc1)c1ccc(OCCOCc2ccccc2)cc1)c1ccccc1. The maximum atomic E-state index is 13.7. The Morgan fingerprint density at radius 1 is 0.657 bits per heavy atom. The Morgan fingerprint density at radius 2 is 1.26 bits per heavy atom. The van der Waals surface area contributed by atoms with Gasteiger partial charge < -0.3 is 14.6 Å². The zero-order valence-corrected chi connectivity index (χ0v) is 19.6. The zero-order chi connectivity index (χ0) is 24.3. The van der Waals surface area contributed by atoms with Crippen molar-refractivity contribution in [1.29, 1.82) is 0 Å². The van der Waals surface area contributed by atoms with Gasteiger partial charge in [0.2, 0.25) is 0 Å². The van der Waals surface area contributed by atoms with Crippen LogP contribution in [-0.4, -0.2) is 24.9 Å². The summed E-state index contributed by atoms with van der Waals surface area (Å²) < 4.78 is 25.2. The fourth-order valence-electron chi connectivity index (χ4n) is 4.00. The van der Waals surface area contributed by atoms with Crippen molar-refractivity contribution in [3.8, 4) is 5.75 Å². The lowest BCUT2D eigenvalue weighted by Crippen LogP contribution is -2.06. The van der Waals surface area contributed by atoms with Crippen LogP contribution in [0.4, 0.5) is 4.39 Å². The van der Waals surface area contributed by atoms with Crippen molar-refractivity contribution in [2.45, 2.75) is 13.0 Å². The molecule has 0 fully saturated rings. The Hall–Kier alpha value is -3.73. The fraction of sp³-hybridized carbons (Fsp3) is 0.161.